The zero-order valence-corrected chi connectivity index (χ0v) is 11.2. The summed E-state index contributed by atoms with van der Waals surface area (Å²) in [4.78, 5) is 0. The molecule has 0 aliphatic carbocycles. The maximum Gasteiger partial charge on any atom is 0.141 e. The zero-order chi connectivity index (χ0) is 11.5. The standard InChI is InChI=1S/C11H14BrFOS/c1-11(2,7-15)6-14-8-3-4-9(12)10(13)5-8/h3-5,15H,6-7H2,1-2H3. The molecule has 0 spiro atoms. The Morgan fingerprint density at radius 2 is 2.13 bits per heavy atom. The molecule has 1 aromatic rings. The first-order chi connectivity index (χ1) is 6.94. The molecule has 0 amide bonds. The van der Waals surface area contributed by atoms with Gasteiger partial charge in [0.25, 0.3) is 0 Å². The molecule has 0 aromatic heterocycles. The Bertz CT molecular complexity index is 341. The van der Waals surface area contributed by atoms with E-state index in [-0.39, 0.29) is 11.2 Å². The minimum Gasteiger partial charge on any atom is -0.493 e. The molecule has 1 nitrogen and oxygen atoms in total. The highest BCUT2D eigenvalue weighted by Gasteiger charge is 2.16. The molecule has 0 heterocycles. The molecule has 1 rings (SSSR count). The molecule has 1 aromatic carbocycles. The maximum absolute atomic E-state index is 13.1. The van der Waals surface area contributed by atoms with Crippen molar-refractivity contribution >= 4 is 28.6 Å². The molecule has 0 radical (unpaired) electrons. The molecule has 15 heavy (non-hydrogen) atoms. The summed E-state index contributed by atoms with van der Waals surface area (Å²) in [7, 11) is 0. The lowest BCUT2D eigenvalue weighted by molar-refractivity contribution is 0.201. The van der Waals surface area contributed by atoms with Gasteiger partial charge in [0.05, 0.1) is 11.1 Å². The van der Waals surface area contributed by atoms with Crippen molar-refractivity contribution < 1.29 is 9.13 Å². The van der Waals surface area contributed by atoms with Crippen LogP contribution in [0, 0.1) is 11.2 Å². The van der Waals surface area contributed by atoms with Gasteiger partial charge in [0, 0.05) is 11.5 Å². The largest absolute Gasteiger partial charge is 0.493 e. The monoisotopic (exact) mass is 292 g/mol. The Hall–Kier alpha value is -0.220. The van der Waals surface area contributed by atoms with Crippen LogP contribution in [0.5, 0.6) is 5.75 Å². The van der Waals surface area contributed by atoms with Crippen molar-refractivity contribution in [2.45, 2.75) is 13.8 Å². The van der Waals surface area contributed by atoms with E-state index in [1.807, 2.05) is 0 Å². The number of hydrogen-bond acceptors (Lipinski definition) is 2. The van der Waals surface area contributed by atoms with Crippen LogP contribution >= 0.6 is 28.6 Å². The molecule has 0 fully saturated rings. The molecule has 0 aliphatic heterocycles. The van der Waals surface area contributed by atoms with Crippen LogP contribution in [0.3, 0.4) is 0 Å². The molecule has 0 bridgehead atoms. The van der Waals surface area contributed by atoms with Crippen molar-refractivity contribution in [1.82, 2.24) is 0 Å². The third kappa shape index (κ3) is 4.03. The number of ether oxygens (including phenoxy) is 1. The highest BCUT2D eigenvalue weighted by molar-refractivity contribution is 9.10. The lowest BCUT2D eigenvalue weighted by atomic mass is 9.98. The molecule has 0 saturated carbocycles. The van der Waals surface area contributed by atoms with Gasteiger partial charge in [-0.2, -0.15) is 12.6 Å². The van der Waals surface area contributed by atoms with Crippen LogP contribution in [-0.2, 0) is 0 Å². The molecular weight excluding hydrogens is 279 g/mol. The van der Waals surface area contributed by atoms with Crippen LogP contribution in [0.4, 0.5) is 4.39 Å². The zero-order valence-electron chi connectivity index (χ0n) is 8.76. The molecule has 0 atom stereocenters. The fourth-order valence-electron chi connectivity index (χ4n) is 0.891. The van der Waals surface area contributed by atoms with Gasteiger partial charge < -0.3 is 4.74 Å². The first kappa shape index (κ1) is 12.8. The number of thiol groups is 1. The van der Waals surface area contributed by atoms with E-state index in [4.69, 9.17) is 4.74 Å². The third-order valence-corrected chi connectivity index (χ3v) is 3.45. The molecule has 0 unspecified atom stereocenters. The first-order valence-electron chi connectivity index (χ1n) is 4.63. The summed E-state index contributed by atoms with van der Waals surface area (Å²) in [6.07, 6.45) is 0. The van der Waals surface area contributed by atoms with Crippen LogP contribution in [0.1, 0.15) is 13.8 Å². The summed E-state index contributed by atoms with van der Waals surface area (Å²) in [6, 6.07) is 4.75. The van der Waals surface area contributed by atoms with E-state index in [0.717, 1.165) is 5.75 Å². The van der Waals surface area contributed by atoms with Crippen LogP contribution in [0.25, 0.3) is 0 Å². The fraction of sp³-hybridized carbons (Fsp3) is 0.455. The van der Waals surface area contributed by atoms with Gasteiger partial charge in [0.15, 0.2) is 0 Å². The van der Waals surface area contributed by atoms with Gasteiger partial charge >= 0.3 is 0 Å². The highest BCUT2D eigenvalue weighted by Crippen LogP contribution is 2.23. The fourth-order valence-corrected chi connectivity index (χ4v) is 1.23. The number of halogens is 2. The van der Waals surface area contributed by atoms with Crippen LogP contribution in [-0.4, -0.2) is 12.4 Å². The van der Waals surface area contributed by atoms with Gasteiger partial charge in [0.2, 0.25) is 0 Å². The normalized spacial score (nSPS) is 11.5. The van der Waals surface area contributed by atoms with Crippen molar-refractivity contribution in [2.75, 3.05) is 12.4 Å². The second kappa shape index (κ2) is 5.21. The second-order valence-corrected chi connectivity index (χ2v) is 5.36. The van der Waals surface area contributed by atoms with Gasteiger partial charge in [-0.3, -0.25) is 0 Å². The Balaban J connectivity index is 2.62. The lowest BCUT2D eigenvalue weighted by Crippen LogP contribution is -2.23. The van der Waals surface area contributed by atoms with Crippen LogP contribution in [0.2, 0.25) is 0 Å². The Labute approximate surface area is 104 Å². The molecule has 0 N–H and O–H groups in total. The minimum atomic E-state index is -0.309. The van der Waals surface area contributed by atoms with E-state index >= 15 is 0 Å². The summed E-state index contributed by atoms with van der Waals surface area (Å²) in [5.41, 5.74) is -0.00728. The van der Waals surface area contributed by atoms with Gasteiger partial charge in [-0.1, -0.05) is 13.8 Å². The Morgan fingerprint density at radius 3 is 2.67 bits per heavy atom. The second-order valence-electron chi connectivity index (χ2n) is 4.19. The Kier molecular flexibility index (Phi) is 4.46. The van der Waals surface area contributed by atoms with Crippen LogP contribution in [0.15, 0.2) is 22.7 Å². The van der Waals surface area contributed by atoms with E-state index in [2.05, 4.69) is 42.4 Å². The van der Waals surface area contributed by atoms with Crippen molar-refractivity contribution in [2.24, 2.45) is 5.41 Å². The molecule has 0 saturated heterocycles. The SMILES string of the molecule is CC(C)(CS)COc1ccc(Br)c(F)c1. The van der Waals surface area contributed by atoms with Crippen molar-refractivity contribution in [3.05, 3.63) is 28.5 Å². The van der Waals surface area contributed by atoms with Gasteiger partial charge in [-0.15, -0.1) is 0 Å². The summed E-state index contributed by atoms with van der Waals surface area (Å²) >= 11 is 7.31. The average Bonchev–Trinajstić information content (AvgIpc) is 2.20. The number of rotatable bonds is 4. The van der Waals surface area contributed by atoms with E-state index in [1.165, 1.54) is 6.07 Å². The lowest BCUT2D eigenvalue weighted by Gasteiger charge is -2.22. The van der Waals surface area contributed by atoms with Gasteiger partial charge in [0.1, 0.15) is 11.6 Å². The third-order valence-electron chi connectivity index (χ3n) is 1.95. The molecule has 4 heteroatoms. The number of hydrogen-bond donors (Lipinski definition) is 1. The van der Waals surface area contributed by atoms with Crippen molar-refractivity contribution in [1.29, 1.82) is 0 Å². The highest BCUT2D eigenvalue weighted by atomic mass is 79.9. The van der Waals surface area contributed by atoms with E-state index in [9.17, 15) is 4.39 Å². The van der Waals surface area contributed by atoms with E-state index in [1.54, 1.807) is 12.1 Å². The molecular formula is C11H14BrFOS. The number of benzene rings is 1. The topological polar surface area (TPSA) is 9.23 Å². The Morgan fingerprint density at radius 1 is 1.47 bits per heavy atom. The van der Waals surface area contributed by atoms with Gasteiger partial charge in [-0.05, 0) is 33.8 Å². The summed E-state index contributed by atoms with van der Waals surface area (Å²) in [5, 5.41) is 0. The van der Waals surface area contributed by atoms with E-state index < -0.39 is 0 Å². The van der Waals surface area contributed by atoms with Crippen molar-refractivity contribution in [3.63, 3.8) is 0 Å². The van der Waals surface area contributed by atoms with E-state index in [0.29, 0.717) is 16.8 Å². The molecule has 0 aliphatic rings. The quantitative estimate of drug-likeness (QED) is 0.828. The van der Waals surface area contributed by atoms with Crippen molar-refractivity contribution in [3.8, 4) is 5.75 Å². The average molecular weight is 293 g/mol. The minimum absolute atomic E-state index is 0.00728. The van der Waals surface area contributed by atoms with Gasteiger partial charge in [-0.25, -0.2) is 4.39 Å². The summed E-state index contributed by atoms with van der Waals surface area (Å²) < 4.78 is 19.1. The predicted octanol–water partition coefficient (Wildman–Crippen LogP) is 3.92. The summed E-state index contributed by atoms with van der Waals surface area (Å²) in [5.74, 6) is 0.966. The smallest absolute Gasteiger partial charge is 0.141 e. The summed E-state index contributed by atoms with van der Waals surface area (Å²) in [6.45, 7) is 4.63. The predicted molar refractivity (Wildman–Crippen MR) is 67.2 cm³/mol. The maximum atomic E-state index is 13.1. The molecule has 84 valence electrons. The van der Waals surface area contributed by atoms with Crippen LogP contribution < -0.4 is 4.74 Å². The first-order valence-corrected chi connectivity index (χ1v) is 6.06.